The Bertz CT molecular complexity index is 1650. The Labute approximate surface area is 242 Å². The van der Waals surface area contributed by atoms with Gasteiger partial charge < -0.3 is 9.30 Å². The van der Waals surface area contributed by atoms with Crippen molar-refractivity contribution in [1.29, 1.82) is 0 Å². The predicted octanol–water partition coefficient (Wildman–Crippen LogP) is 5.76. The van der Waals surface area contributed by atoms with Gasteiger partial charge in [-0.1, -0.05) is 23.8 Å². The number of carbonyl (C=O) groups excluding carboxylic acids is 1. The first-order valence-electron chi connectivity index (χ1n) is 13.4. The molecule has 0 aliphatic heterocycles. The lowest BCUT2D eigenvalue weighted by Gasteiger charge is -2.24. The molecule has 8 nitrogen and oxygen atoms in total. The van der Waals surface area contributed by atoms with Crippen molar-refractivity contribution in [2.75, 3.05) is 17.5 Å². The van der Waals surface area contributed by atoms with Crippen molar-refractivity contribution in [2.24, 2.45) is 5.10 Å². The Morgan fingerprint density at radius 3 is 2.15 bits per heavy atom. The van der Waals surface area contributed by atoms with E-state index in [2.05, 4.69) is 47.1 Å². The van der Waals surface area contributed by atoms with Crippen LogP contribution in [0, 0.1) is 34.6 Å². The predicted molar refractivity (Wildman–Crippen MR) is 164 cm³/mol. The number of anilines is 1. The van der Waals surface area contributed by atoms with Crippen LogP contribution in [0.5, 0.6) is 5.75 Å². The number of nitrogens with one attached hydrogen (secondary N) is 1. The van der Waals surface area contributed by atoms with E-state index in [4.69, 9.17) is 4.74 Å². The minimum atomic E-state index is -4.06. The second kappa shape index (κ2) is 12.4. The van der Waals surface area contributed by atoms with Crippen molar-refractivity contribution >= 4 is 27.8 Å². The third kappa shape index (κ3) is 6.86. The van der Waals surface area contributed by atoms with Crippen molar-refractivity contribution in [3.05, 3.63) is 106 Å². The molecule has 0 aliphatic carbocycles. The van der Waals surface area contributed by atoms with E-state index in [1.54, 1.807) is 42.6 Å². The van der Waals surface area contributed by atoms with Gasteiger partial charge >= 0.3 is 0 Å². The summed E-state index contributed by atoms with van der Waals surface area (Å²) in [6.45, 7) is 11.9. The van der Waals surface area contributed by atoms with Crippen LogP contribution >= 0.6 is 0 Å². The van der Waals surface area contributed by atoms with Gasteiger partial charge in [0.2, 0.25) is 0 Å². The molecule has 41 heavy (non-hydrogen) atoms. The smallest absolute Gasteiger partial charge is 0.264 e. The van der Waals surface area contributed by atoms with E-state index < -0.39 is 22.5 Å². The van der Waals surface area contributed by atoms with Gasteiger partial charge in [-0.05, 0) is 107 Å². The van der Waals surface area contributed by atoms with Crippen molar-refractivity contribution in [3.8, 4) is 11.4 Å². The molecule has 0 spiro atoms. The Hall–Kier alpha value is -4.37. The minimum absolute atomic E-state index is 0.0525. The lowest BCUT2D eigenvalue weighted by atomic mass is 10.1. The summed E-state index contributed by atoms with van der Waals surface area (Å²) >= 11 is 0. The number of hydrogen-bond donors (Lipinski definition) is 1. The van der Waals surface area contributed by atoms with Crippen molar-refractivity contribution in [3.63, 3.8) is 0 Å². The Morgan fingerprint density at radius 1 is 0.902 bits per heavy atom. The fourth-order valence-electron chi connectivity index (χ4n) is 4.76. The molecule has 0 unspecified atom stereocenters. The first kappa shape index (κ1) is 29.6. The first-order chi connectivity index (χ1) is 19.5. The van der Waals surface area contributed by atoms with Crippen LogP contribution in [0.3, 0.4) is 0 Å². The molecule has 4 aromatic rings. The van der Waals surface area contributed by atoms with E-state index in [9.17, 15) is 13.2 Å². The summed E-state index contributed by atoms with van der Waals surface area (Å²) in [4.78, 5) is 13.1. The lowest BCUT2D eigenvalue weighted by molar-refractivity contribution is -0.119. The zero-order valence-electron chi connectivity index (χ0n) is 24.3. The minimum Gasteiger partial charge on any atom is -0.494 e. The number of rotatable bonds is 10. The summed E-state index contributed by atoms with van der Waals surface area (Å²) in [7, 11) is -4.06. The molecule has 1 amide bonds. The molecule has 3 aromatic carbocycles. The highest BCUT2D eigenvalue weighted by atomic mass is 32.2. The van der Waals surface area contributed by atoms with Crippen molar-refractivity contribution < 1.29 is 17.9 Å². The largest absolute Gasteiger partial charge is 0.494 e. The number of carbonyl (C=O) groups is 1. The molecular weight excluding hydrogens is 536 g/mol. The lowest BCUT2D eigenvalue weighted by Crippen LogP contribution is -2.39. The zero-order valence-corrected chi connectivity index (χ0v) is 25.1. The van der Waals surface area contributed by atoms with Crippen molar-refractivity contribution in [1.82, 2.24) is 9.99 Å². The monoisotopic (exact) mass is 572 g/mol. The molecule has 0 radical (unpaired) electrons. The molecule has 0 saturated carbocycles. The number of ether oxygens (including phenoxy) is 1. The summed E-state index contributed by atoms with van der Waals surface area (Å²) in [5.41, 5.74) is 10.1. The summed E-state index contributed by atoms with van der Waals surface area (Å²) < 4.78 is 36.0. The van der Waals surface area contributed by atoms with E-state index in [0.29, 0.717) is 18.0 Å². The Morgan fingerprint density at radius 2 is 1.54 bits per heavy atom. The maximum atomic E-state index is 13.6. The highest BCUT2D eigenvalue weighted by Gasteiger charge is 2.27. The standard InChI is InChI=1S/C32H36N4O4S/c1-7-40-30-12-14-31(15-13-30)41(38,39)35(28-10-8-22(2)9-11-28)21-32(37)34-33-20-27-19-25(5)36(26(27)6)29-17-23(3)16-24(4)18-29/h8-20H,7,21H2,1-6H3,(H,34,37)/b33-20-. The number of hydrogen-bond acceptors (Lipinski definition) is 5. The zero-order chi connectivity index (χ0) is 29.7. The van der Waals surface area contributed by atoms with Gasteiger partial charge in [-0.25, -0.2) is 13.8 Å². The van der Waals surface area contributed by atoms with Crippen LogP contribution in [0.15, 0.2) is 82.8 Å². The number of benzene rings is 3. The number of aryl methyl sites for hydroxylation is 4. The van der Waals surface area contributed by atoms with Gasteiger partial charge in [0.15, 0.2) is 0 Å². The quantitative estimate of drug-likeness (QED) is 0.193. The van der Waals surface area contributed by atoms with Gasteiger partial charge in [0.25, 0.3) is 15.9 Å². The van der Waals surface area contributed by atoms with E-state index >= 15 is 0 Å². The molecule has 214 valence electrons. The molecule has 9 heteroatoms. The highest BCUT2D eigenvalue weighted by molar-refractivity contribution is 7.92. The third-order valence-electron chi connectivity index (χ3n) is 6.66. The summed E-state index contributed by atoms with van der Waals surface area (Å²) in [6, 6.07) is 21.5. The number of hydrazone groups is 1. The highest BCUT2D eigenvalue weighted by Crippen LogP contribution is 2.26. The Kier molecular flexibility index (Phi) is 8.98. The molecule has 0 bridgehead atoms. The van der Waals surface area contributed by atoms with Crippen LogP contribution in [-0.2, 0) is 14.8 Å². The second-order valence-corrected chi connectivity index (χ2v) is 11.9. The summed E-state index contributed by atoms with van der Waals surface area (Å²) in [5, 5.41) is 4.16. The van der Waals surface area contributed by atoms with Gasteiger partial charge in [-0.15, -0.1) is 0 Å². The maximum absolute atomic E-state index is 13.6. The van der Waals surface area contributed by atoms with E-state index in [-0.39, 0.29) is 4.90 Å². The van der Waals surface area contributed by atoms with Gasteiger partial charge in [0.1, 0.15) is 12.3 Å². The van der Waals surface area contributed by atoms with Gasteiger partial charge in [0, 0.05) is 22.6 Å². The number of amides is 1. The van der Waals surface area contributed by atoms with Gasteiger partial charge in [0.05, 0.1) is 23.4 Å². The number of nitrogens with zero attached hydrogens (tertiary/aromatic N) is 3. The first-order valence-corrected chi connectivity index (χ1v) is 14.9. The molecule has 0 atom stereocenters. The molecule has 1 aromatic heterocycles. The van der Waals surface area contributed by atoms with E-state index in [1.807, 2.05) is 33.8 Å². The van der Waals surface area contributed by atoms with Crippen LogP contribution in [0.25, 0.3) is 5.69 Å². The third-order valence-corrected chi connectivity index (χ3v) is 8.45. The number of sulfonamides is 1. The summed E-state index contributed by atoms with van der Waals surface area (Å²) in [6.07, 6.45) is 1.58. The molecule has 0 aliphatic rings. The fourth-order valence-corrected chi connectivity index (χ4v) is 6.18. The fraction of sp³-hybridized carbons (Fsp3) is 0.250. The molecule has 0 fully saturated rings. The SMILES string of the molecule is CCOc1ccc(S(=O)(=O)N(CC(=O)N/N=C\c2cc(C)n(-c3cc(C)cc(C)c3)c2C)c2ccc(C)cc2)cc1. The van der Waals surface area contributed by atoms with Crippen molar-refractivity contribution in [2.45, 2.75) is 46.4 Å². The second-order valence-electron chi connectivity index (χ2n) is 10.1. The van der Waals surface area contributed by atoms with E-state index in [1.165, 1.54) is 23.3 Å². The van der Waals surface area contributed by atoms with E-state index in [0.717, 1.165) is 32.5 Å². The molecule has 1 heterocycles. The van der Waals surface area contributed by atoms with Crippen LogP contribution < -0.4 is 14.5 Å². The maximum Gasteiger partial charge on any atom is 0.264 e. The Balaban J connectivity index is 1.55. The average molecular weight is 573 g/mol. The molecule has 0 saturated heterocycles. The van der Waals surface area contributed by atoms with Crippen LogP contribution in [0.1, 0.15) is 40.6 Å². The van der Waals surface area contributed by atoms with Gasteiger partial charge in [-0.3, -0.25) is 9.10 Å². The summed E-state index contributed by atoms with van der Waals surface area (Å²) in [5.74, 6) is -0.00299. The molecular formula is C32H36N4O4S. The van der Waals surface area contributed by atoms with Crippen LogP contribution in [0.4, 0.5) is 5.69 Å². The van der Waals surface area contributed by atoms with Gasteiger partial charge in [-0.2, -0.15) is 5.10 Å². The topological polar surface area (TPSA) is 93.0 Å². The van der Waals surface area contributed by atoms with Crippen LogP contribution in [-0.4, -0.2) is 38.3 Å². The normalized spacial score (nSPS) is 11.6. The number of aromatic nitrogens is 1. The molecule has 4 rings (SSSR count). The van der Waals surface area contributed by atoms with Crippen LogP contribution in [0.2, 0.25) is 0 Å². The average Bonchev–Trinajstić information content (AvgIpc) is 3.20. The molecule has 1 N–H and O–H groups in total.